The average molecular weight is 471 g/mol. The molecule has 0 atom stereocenters. The summed E-state index contributed by atoms with van der Waals surface area (Å²) in [7, 11) is 0. The van der Waals surface area contributed by atoms with Crippen molar-refractivity contribution in [2.75, 3.05) is 11.5 Å². The number of nitrogens with zero attached hydrogens (tertiary/aromatic N) is 2. The van der Waals surface area contributed by atoms with E-state index >= 15 is 0 Å². The van der Waals surface area contributed by atoms with Gasteiger partial charge in [0, 0.05) is 5.56 Å². The summed E-state index contributed by atoms with van der Waals surface area (Å²) >= 11 is 1.44. The molecular formula is C27H22N2O4S. The maximum absolute atomic E-state index is 13.7. The highest BCUT2D eigenvalue weighted by molar-refractivity contribution is 7.22. The van der Waals surface area contributed by atoms with E-state index in [9.17, 15) is 4.79 Å². The average Bonchev–Trinajstić information content (AvgIpc) is 3.53. The fraction of sp³-hybridized carbons (Fsp3) is 0.111. The number of aromatic nitrogens is 1. The minimum Gasteiger partial charge on any atom is -0.494 e. The van der Waals surface area contributed by atoms with Crippen molar-refractivity contribution in [1.82, 2.24) is 4.98 Å². The van der Waals surface area contributed by atoms with E-state index in [-0.39, 0.29) is 12.5 Å². The van der Waals surface area contributed by atoms with Crippen molar-refractivity contribution < 1.29 is 18.7 Å². The summed E-state index contributed by atoms with van der Waals surface area (Å²) in [6.45, 7) is 2.79. The fourth-order valence-corrected chi connectivity index (χ4v) is 4.51. The Labute approximate surface area is 201 Å². The molecule has 2 heterocycles. The predicted molar refractivity (Wildman–Crippen MR) is 133 cm³/mol. The summed E-state index contributed by atoms with van der Waals surface area (Å²) in [6, 6.07) is 26.0. The van der Waals surface area contributed by atoms with Crippen LogP contribution in [0.2, 0.25) is 0 Å². The van der Waals surface area contributed by atoms with E-state index in [2.05, 4.69) is 0 Å². The molecule has 3 aromatic carbocycles. The van der Waals surface area contributed by atoms with Crippen LogP contribution >= 0.6 is 11.3 Å². The second-order valence-corrected chi connectivity index (χ2v) is 8.48. The lowest BCUT2D eigenvalue weighted by Gasteiger charge is -2.19. The molecule has 1 amide bonds. The van der Waals surface area contributed by atoms with E-state index in [1.807, 2.05) is 73.7 Å². The van der Waals surface area contributed by atoms with Crippen LogP contribution in [0.15, 0.2) is 95.6 Å². The minimum atomic E-state index is -0.195. The van der Waals surface area contributed by atoms with Crippen molar-refractivity contribution in [3.05, 3.63) is 103 Å². The van der Waals surface area contributed by atoms with Crippen molar-refractivity contribution >= 4 is 32.6 Å². The number of ether oxygens (including phenoxy) is 2. The van der Waals surface area contributed by atoms with Gasteiger partial charge in [0.15, 0.2) is 5.13 Å². The van der Waals surface area contributed by atoms with Crippen LogP contribution in [0.1, 0.15) is 23.0 Å². The third kappa shape index (κ3) is 4.79. The van der Waals surface area contributed by atoms with Gasteiger partial charge in [0.1, 0.15) is 23.0 Å². The first kappa shape index (κ1) is 21.7. The number of carbonyl (C=O) groups is 1. The van der Waals surface area contributed by atoms with Gasteiger partial charge in [0.05, 0.1) is 29.6 Å². The van der Waals surface area contributed by atoms with Gasteiger partial charge in [-0.15, -0.1) is 0 Å². The SMILES string of the molecule is CCOc1ccc2nc(N(Cc3ccco3)C(=O)c3cccc(Oc4ccccc4)c3)sc2c1. The summed E-state index contributed by atoms with van der Waals surface area (Å²) in [5.74, 6) is 2.54. The molecule has 5 aromatic rings. The Bertz CT molecular complexity index is 1400. The van der Waals surface area contributed by atoms with E-state index in [4.69, 9.17) is 18.9 Å². The van der Waals surface area contributed by atoms with Crippen LogP contribution < -0.4 is 14.4 Å². The molecule has 0 bridgehead atoms. The van der Waals surface area contributed by atoms with E-state index < -0.39 is 0 Å². The van der Waals surface area contributed by atoms with Gasteiger partial charge in [-0.3, -0.25) is 9.69 Å². The number of carbonyl (C=O) groups excluding carboxylic acids is 1. The smallest absolute Gasteiger partial charge is 0.260 e. The molecule has 170 valence electrons. The molecule has 6 nitrogen and oxygen atoms in total. The van der Waals surface area contributed by atoms with Crippen molar-refractivity contribution in [3.8, 4) is 17.2 Å². The highest BCUT2D eigenvalue weighted by Gasteiger charge is 2.23. The molecular weight excluding hydrogens is 448 g/mol. The third-order valence-corrected chi connectivity index (χ3v) is 6.13. The van der Waals surface area contributed by atoms with Crippen LogP contribution in [0.3, 0.4) is 0 Å². The lowest BCUT2D eigenvalue weighted by molar-refractivity contribution is 0.0983. The normalized spacial score (nSPS) is 10.9. The Hall–Kier alpha value is -4.10. The Kier molecular flexibility index (Phi) is 6.27. The van der Waals surface area contributed by atoms with Crippen LogP contribution in [-0.2, 0) is 6.54 Å². The standard InChI is InChI=1S/C27H22N2O4S/c1-2-31-21-13-14-24-25(17-21)34-27(28-24)29(18-23-12-7-15-32-23)26(30)19-8-6-11-22(16-19)33-20-9-4-3-5-10-20/h3-17H,2,18H2,1H3. The summed E-state index contributed by atoms with van der Waals surface area (Å²) in [5, 5.41) is 0.583. The Balaban J connectivity index is 1.48. The van der Waals surface area contributed by atoms with Crippen molar-refractivity contribution in [2.24, 2.45) is 0 Å². The molecule has 0 aliphatic heterocycles. The Morgan fingerprint density at radius 2 is 1.79 bits per heavy atom. The van der Waals surface area contributed by atoms with Gasteiger partial charge in [-0.05, 0) is 67.6 Å². The molecule has 0 unspecified atom stereocenters. The molecule has 34 heavy (non-hydrogen) atoms. The van der Waals surface area contributed by atoms with Gasteiger partial charge in [-0.2, -0.15) is 0 Å². The van der Waals surface area contributed by atoms with Gasteiger partial charge < -0.3 is 13.9 Å². The number of furan rings is 1. The topological polar surface area (TPSA) is 64.8 Å². The summed E-state index contributed by atoms with van der Waals surface area (Å²) in [6.07, 6.45) is 1.60. The van der Waals surface area contributed by atoms with E-state index in [1.54, 1.807) is 29.4 Å². The number of fused-ring (bicyclic) bond motifs is 1. The first-order chi connectivity index (χ1) is 16.7. The highest BCUT2D eigenvalue weighted by Crippen LogP contribution is 2.33. The third-order valence-electron chi connectivity index (χ3n) is 5.09. The maximum atomic E-state index is 13.7. The number of para-hydroxylation sites is 1. The summed E-state index contributed by atoms with van der Waals surface area (Å²) < 4.78 is 18.0. The number of thiazole rings is 1. The fourth-order valence-electron chi connectivity index (χ4n) is 3.52. The zero-order valence-electron chi connectivity index (χ0n) is 18.5. The lowest BCUT2D eigenvalue weighted by Crippen LogP contribution is -2.30. The number of amides is 1. The Morgan fingerprint density at radius 1 is 0.941 bits per heavy atom. The van der Waals surface area contributed by atoms with Gasteiger partial charge in [-0.25, -0.2) is 4.98 Å². The first-order valence-corrected chi connectivity index (χ1v) is 11.7. The van der Waals surface area contributed by atoms with Crippen LogP contribution in [0.4, 0.5) is 5.13 Å². The Morgan fingerprint density at radius 3 is 2.59 bits per heavy atom. The van der Waals surface area contributed by atoms with Crippen molar-refractivity contribution in [2.45, 2.75) is 13.5 Å². The predicted octanol–water partition coefficient (Wildman–Crippen LogP) is 6.93. The first-order valence-electron chi connectivity index (χ1n) is 10.9. The molecule has 0 aliphatic carbocycles. The molecule has 0 aliphatic rings. The molecule has 0 N–H and O–H groups in total. The van der Waals surface area contributed by atoms with Crippen molar-refractivity contribution in [3.63, 3.8) is 0 Å². The van der Waals surface area contributed by atoms with Crippen molar-refractivity contribution in [1.29, 1.82) is 0 Å². The summed E-state index contributed by atoms with van der Waals surface area (Å²) in [5.41, 5.74) is 1.30. The van der Waals surface area contributed by atoms with E-state index in [1.165, 1.54) is 11.3 Å². The van der Waals surface area contributed by atoms with Gasteiger partial charge in [0.25, 0.3) is 5.91 Å². The van der Waals surface area contributed by atoms with Gasteiger partial charge >= 0.3 is 0 Å². The molecule has 0 fully saturated rings. The minimum absolute atomic E-state index is 0.195. The maximum Gasteiger partial charge on any atom is 0.260 e. The van der Waals surface area contributed by atoms with E-state index in [0.29, 0.717) is 34.6 Å². The second-order valence-electron chi connectivity index (χ2n) is 7.47. The highest BCUT2D eigenvalue weighted by atomic mass is 32.1. The zero-order chi connectivity index (χ0) is 23.3. The zero-order valence-corrected chi connectivity index (χ0v) is 19.3. The molecule has 0 radical (unpaired) electrons. The molecule has 7 heteroatoms. The number of rotatable bonds is 8. The molecule has 2 aromatic heterocycles. The van der Waals surface area contributed by atoms with Gasteiger partial charge in [-0.1, -0.05) is 35.6 Å². The van der Waals surface area contributed by atoms with Crippen LogP contribution in [0.25, 0.3) is 10.2 Å². The summed E-state index contributed by atoms with van der Waals surface area (Å²) in [4.78, 5) is 20.1. The van der Waals surface area contributed by atoms with Crippen LogP contribution in [-0.4, -0.2) is 17.5 Å². The van der Waals surface area contributed by atoms with Gasteiger partial charge in [0.2, 0.25) is 0 Å². The number of benzene rings is 3. The second kappa shape index (κ2) is 9.80. The van der Waals surface area contributed by atoms with Crippen LogP contribution in [0, 0.1) is 0 Å². The quantitative estimate of drug-likeness (QED) is 0.246. The van der Waals surface area contributed by atoms with E-state index in [0.717, 1.165) is 16.0 Å². The molecule has 5 rings (SSSR count). The molecule has 0 spiro atoms. The lowest BCUT2D eigenvalue weighted by atomic mass is 10.2. The number of anilines is 1. The largest absolute Gasteiger partial charge is 0.494 e. The number of hydrogen-bond acceptors (Lipinski definition) is 6. The van der Waals surface area contributed by atoms with Crippen LogP contribution in [0.5, 0.6) is 17.2 Å². The molecule has 0 saturated carbocycles. The molecule has 0 saturated heterocycles. The number of hydrogen-bond donors (Lipinski definition) is 0. The monoisotopic (exact) mass is 470 g/mol.